The Kier molecular flexibility index (Phi) is 64.9. The molecule has 0 aromatic carbocycles. The molecule has 0 amide bonds. The molecule has 0 heterocycles. The van der Waals surface area contributed by atoms with Crippen LogP contribution in [0.2, 0.25) is 0 Å². The fourth-order valence-corrected chi connectivity index (χ4v) is 9.12. The van der Waals surface area contributed by atoms with E-state index in [2.05, 4.69) is 245 Å². The molecule has 512 valence electrons. The zero-order chi connectivity index (χ0) is 66.9. The Labute approximate surface area is 562 Å². The Morgan fingerprint density at radius 3 is 0.902 bits per heavy atom. The molecule has 0 aromatic heterocycles. The lowest BCUT2D eigenvalue weighted by Gasteiger charge is -2.28. The molecule has 10 heteroatoms. The summed E-state index contributed by atoms with van der Waals surface area (Å²) in [6, 6.07) is 0. The van der Waals surface area contributed by atoms with Crippen LogP contribution in [-0.2, 0) is 32.7 Å². The molecule has 0 radical (unpaired) electrons. The molecular formula is C82H126NO8P. The summed E-state index contributed by atoms with van der Waals surface area (Å²) in [6.45, 7) is 3.90. The van der Waals surface area contributed by atoms with Gasteiger partial charge in [-0.3, -0.25) is 14.2 Å². The average Bonchev–Trinajstić information content (AvgIpc) is 2.14. The zero-order valence-electron chi connectivity index (χ0n) is 58.1. The maximum atomic E-state index is 12.9. The molecule has 0 rings (SSSR count). The lowest BCUT2D eigenvalue weighted by atomic mass is 10.1. The largest absolute Gasteiger partial charge is 0.756 e. The Bertz CT molecular complexity index is 2400. The number of phosphoric acid groups is 1. The molecule has 0 fully saturated rings. The minimum Gasteiger partial charge on any atom is -0.756 e. The number of carbonyl (C=O) groups excluding carboxylic acids is 2. The first-order valence-electron chi connectivity index (χ1n) is 35.1. The molecule has 2 unspecified atom stereocenters. The van der Waals surface area contributed by atoms with Gasteiger partial charge in [0.15, 0.2) is 6.10 Å². The first-order valence-corrected chi connectivity index (χ1v) is 36.6. The van der Waals surface area contributed by atoms with Gasteiger partial charge < -0.3 is 27.9 Å². The van der Waals surface area contributed by atoms with Crippen LogP contribution in [0.25, 0.3) is 0 Å². The van der Waals surface area contributed by atoms with Crippen LogP contribution in [0.1, 0.15) is 219 Å². The fraction of sp³-hybridized carbons (Fsp3) is 0.512. The molecule has 0 aliphatic heterocycles. The summed E-state index contributed by atoms with van der Waals surface area (Å²) in [7, 11) is 1.09. The van der Waals surface area contributed by atoms with Crippen molar-refractivity contribution in [2.45, 2.75) is 225 Å². The van der Waals surface area contributed by atoms with Crippen LogP contribution in [0.3, 0.4) is 0 Å². The average molecular weight is 1280 g/mol. The smallest absolute Gasteiger partial charge is 0.306 e. The maximum Gasteiger partial charge on any atom is 0.306 e. The normalized spacial score (nSPS) is 14.5. The van der Waals surface area contributed by atoms with Crippen LogP contribution in [0, 0.1) is 0 Å². The number of esters is 2. The number of carbonyl (C=O) groups is 2. The summed E-state index contributed by atoms with van der Waals surface area (Å²) >= 11 is 0. The van der Waals surface area contributed by atoms with Crippen molar-refractivity contribution in [3.8, 4) is 0 Å². The number of ether oxygens (including phenoxy) is 2. The van der Waals surface area contributed by atoms with Gasteiger partial charge >= 0.3 is 11.9 Å². The molecule has 0 aliphatic rings. The number of allylic oxidation sites excluding steroid dienone is 38. The Balaban J connectivity index is 4.25. The molecule has 0 aromatic rings. The molecule has 0 N–H and O–H groups in total. The second-order valence-corrected chi connectivity index (χ2v) is 24.8. The van der Waals surface area contributed by atoms with E-state index in [1.807, 2.05) is 21.1 Å². The van der Waals surface area contributed by atoms with Gasteiger partial charge in [0, 0.05) is 12.8 Å². The number of hydrogen-bond donors (Lipinski definition) is 0. The van der Waals surface area contributed by atoms with Gasteiger partial charge in [-0.15, -0.1) is 0 Å². The second-order valence-electron chi connectivity index (χ2n) is 23.4. The predicted molar refractivity (Wildman–Crippen MR) is 396 cm³/mol. The van der Waals surface area contributed by atoms with Crippen molar-refractivity contribution < 1.29 is 42.1 Å². The molecule has 92 heavy (non-hydrogen) atoms. The van der Waals surface area contributed by atoms with Gasteiger partial charge in [-0.1, -0.05) is 283 Å². The third-order valence-electron chi connectivity index (χ3n) is 13.7. The van der Waals surface area contributed by atoms with E-state index in [1.54, 1.807) is 0 Å². The summed E-state index contributed by atoms with van der Waals surface area (Å²) in [5.74, 6) is -0.933. The lowest BCUT2D eigenvalue weighted by molar-refractivity contribution is -0.870. The van der Waals surface area contributed by atoms with Crippen LogP contribution in [-0.4, -0.2) is 70.0 Å². The van der Waals surface area contributed by atoms with E-state index in [0.29, 0.717) is 30.3 Å². The van der Waals surface area contributed by atoms with Gasteiger partial charge in [-0.25, -0.2) is 0 Å². The highest BCUT2D eigenvalue weighted by Gasteiger charge is 2.22. The standard InChI is InChI=1S/C82H126NO8P/c1-6-8-10-12-14-16-18-20-22-24-26-28-30-32-34-36-37-38-39-40-41-42-43-44-45-47-49-51-53-55-57-59-61-63-65-67-69-71-73-75-82(85)91-80(79-90-92(86,87)89-77-76-83(3,4)5)78-88-81(84)74-72-70-68-66-64-62-60-58-56-54-52-50-48-46-35-33-31-29-27-25-23-21-19-17-15-13-11-9-7-2/h8-11,14-17,20-23,26-29,32-35,37-38,40-41,43-44,47-50,53-56,60,62,66,68,80H,6-7,12-13,18-19,24-25,30-31,36,39,42,45-46,51-52,57-59,61,63-65,67,69-79H2,1-5H3/b10-8-,11-9-,16-14-,17-15-,22-20-,23-21-,28-26-,29-27-,34-32-,35-33-,38-37-,41-40-,44-43-,49-47-,50-48-,55-53-,56-54-,62-60-,68-66-. The predicted octanol–water partition coefficient (Wildman–Crippen LogP) is 22.7. The van der Waals surface area contributed by atoms with Crippen molar-refractivity contribution >= 4 is 19.8 Å². The minimum atomic E-state index is -4.68. The number of unbranched alkanes of at least 4 members (excludes halogenated alkanes) is 9. The number of phosphoric ester groups is 1. The fourth-order valence-electron chi connectivity index (χ4n) is 8.39. The molecule has 9 nitrogen and oxygen atoms in total. The van der Waals surface area contributed by atoms with Gasteiger partial charge in [0.05, 0.1) is 27.7 Å². The van der Waals surface area contributed by atoms with Crippen LogP contribution < -0.4 is 4.89 Å². The molecule has 0 bridgehead atoms. The molecular weight excluding hydrogens is 1160 g/mol. The number of rotatable bonds is 61. The van der Waals surface area contributed by atoms with Crippen molar-refractivity contribution in [1.82, 2.24) is 0 Å². The van der Waals surface area contributed by atoms with E-state index >= 15 is 0 Å². The van der Waals surface area contributed by atoms with E-state index < -0.39 is 32.5 Å². The van der Waals surface area contributed by atoms with E-state index in [0.717, 1.165) is 148 Å². The molecule has 0 aliphatic carbocycles. The summed E-state index contributed by atoms with van der Waals surface area (Å²) in [4.78, 5) is 38.0. The maximum absolute atomic E-state index is 12.9. The van der Waals surface area contributed by atoms with Crippen LogP contribution in [0.4, 0.5) is 0 Å². The number of quaternary nitrogens is 1. The van der Waals surface area contributed by atoms with Gasteiger partial charge in [0.2, 0.25) is 0 Å². The van der Waals surface area contributed by atoms with Crippen molar-refractivity contribution in [1.29, 1.82) is 0 Å². The zero-order valence-corrected chi connectivity index (χ0v) is 59.0. The first kappa shape index (κ1) is 86.1. The first-order chi connectivity index (χ1) is 45.0. The van der Waals surface area contributed by atoms with E-state index in [-0.39, 0.29) is 26.1 Å². The third-order valence-corrected chi connectivity index (χ3v) is 14.6. The highest BCUT2D eigenvalue weighted by atomic mass is 31.2. The molecule has 0 spiro atoms. The summed E-state index contributed by atoms with van der Waals surface area (Å²) < 4.78 is 34.2. The Morgan fingerprint density at radius 2 is 0.598 bits per heavy atom. The number of nitrogens with zero attached hydrogens (tertiary/aromatic N) is 1. The van der Waals surface area contributed by atoms with E-state index in [4.69, 9.17) is 18.5 Å². The van der Waals surface area contributed by atoms with Gasteiger partial charge in [0.1, 0.15) is 19.8 Å². The Hall–Kier alpha value is -5.93. The summed E-state index contributed by atoms with van der Waals surface area (Å²) in [6.07, 6.45) is 113. The Morgan fingerprint density at radius 1 is 0.337 bits per heavy atom. The number of likely N-dealkylation sites (N-methyl/N-ethyl adjacent to an activating group) is 1. The third kappa shape index (κ3) is 73.1. The quantitative estimate of drug-likeness (QED) is 0.0195. The van der Waals surface area contributed by atoms with Crippen molar-refractivity contribution in [2.75, 3.05) is 47.5 Å². The summed E-state index contributed by atoms with van der Waals surface area (Å²) in [5, 5.41) is 0. The highest BCUT2D eigenvalue weighted by molar-refractivity contribution is 7.45. The van der Waals surface area contributed by atoms with Crippen molar-refractivity contribution in [2.24, 2.45) is 0 Å². The number of hydrogen-bond acceptors (Lipinski definition) is 8. The van der Waals surface area contributed by atoms with Crippen LogP contribution in [0.5, 0.6) is 0 Å². The SMILES string of the molecule is CC/C=C\C/C=C\C/C=C\C/C=C\C/C=C\C/C=C\C/C=C\C/C=C\C/C=C\C/C=C\CCCCCCCCCCC(=O)OC(COC(=O)CCC/C=C\C/C=C\C/C=C\C/C=C\C/C=C\C/C=C\C/C=C\C/C=C\C/C=C\CC)COP(=O)([O-])OCC[N+](C)(C)C. The lowest BCUT2D eigenvalue weighted by Crippen LogP contribution is -2.37. The van der Waals surface area contributed by atoms with E-state index in [1.165, 1.54) is 25.7 Å². The van der Waals surface area contributed by atoms with Gasteiger partial charge in [-0.05, 0) is 154 Å². The van der Waals surface area contributed by atoms with Crippen LogP contribution in [0.15, 0.2) is 231 Å². The van der Waals surface area contributed by atoms with Crippen molar-refractivity contribution in [3.63, 3.8) is 0 Å². The molecule has 0 saturated heterocycles. The topological polar surface area (TPSA) is 111 Å². The van der Waals surface area contributed by atoms with Gasteiger partial charge in [-0.2, -0.15) is 0 Å². The minimum absolute atomic E-state index is 0.0553. The molecule has 0 saturated carbocycles. The second kappa shape index (κ2) is 69.4. The summed E-state index contributed by atoms with van der Waals surface area (Å²) in [5.41, 5.74) is 0. The molecule has 2 atom stereocenters. The highest BCUT2D eigenvalue weighted by Crippen LogP contribution is 2.38. The monoisotopic (exact) mass is 1280 g/mol. The van der Waals surface area contributed by atoms with Gasteiger partial charge in [0.25, 0.3) is 7.82 Å². The van der Waals surface area contributed by atoms with E-state index in [9.17, 15) is 19.0 Å². The van der Waals surface area contributed by atoms with Crippen LogP contribution >= 0.6 is 7.82 Å². The van der Waals surface area contributed by atoms with Crippen molar-refractivity contribution in [3.05, 3.63) is 231 Å².